The molecule has 0 amide bonds. The van der Waals surface area contributed by atoms with E-state index >= 15 is 0 Å². The quantitative estimate of drug-likeness (QED) is 0.679. The smallest absolute Gasteiger partial charge is 0.259 e. The predicted octanol–water partition coefficient (Wildman–Crippen LogP) is 1.16. The Bertz CT molecular complexity index is 561. The topological polar surface area (TPSA) is 69.5 Å². The molecule has 1 N–H and O–H groups in total. The highest BCUT2D eigenvalue weighted by Gasteiger charge is 2.09. The minimum Gasteiger partial charge on any atom is -0.326 e. The zero-order chi connectivity index (χ0) is 9.42. The Morgan fingerprint density at radius 2 is 2.46 bits per heavy atom. The lowest BCUT2D eigenvalue weighted by atomic mass is 10.2. The van der Waals surface area contributed by atoms with Crippen molar-refractivity contribution >= 4 is 22.4 Å². The zero-order valence-corrected chi connectivity index (χ0v) is 7.60. The van der Waals surface area contributed by atoms with E-state index in [1.807, 2.05) is 6.07 Å². The van der Waals surface area contributed by atoms with Gasteiger partial charge < -0.3 is 4.98 Å². The molecule has 2 aromatic rings. The number of rotatable bonds is 0. The second kappa shape index (κ2) is 2.68. The van der Waals surface area contributed by atoms with Gasteiger partial charge in [-0.25, -0.2) is 0 Å². The molecule has 0 radical (unpaired) electrons. The summed E-state index contributed by atoms with van der Waals surface area (Å²) in [6, 6.07) is 3.70. The van der Waals surface area contributed by atoms with E-state index in [0.29, 0.717) is 15.8 Å². The van der Waals surface area contributed by atoms with E-state index in [1.165, 1.54) is 0 Å². The molecule has 0 saturated carbocycles. The van der Waals surface area contributed by atoms with E-state index in [2.05, 4.69) is 9.36 Å². The third-order valence-corrected chi connectivity index (χ3v) is 2.48. The minimum absolute atomic E-state index is 0.236. The maximum absolute atomic E-state index is 11.4. The van der Waals surface area contributed by atoms with Crippen LogP contribution in [0.5, 0.6) is 0 Å². The van der Waals surface area contributed by atoms with Gasteiger partial charge in [0.1, 0.15) is 10.9 Å². The number of aromatic nitrogens is 2. The van der Waals surface area contributed by atoms with Gasteiger partial charge in [0, 0.05) is 5.69 Å². The molecule has 2 aromatic heterocycles. The molecule has 2 rings (SSSR count). The maximum atomic E-state index is 11.4. The molecule has 0 saturated heterocycles. The van der Waals surface area contributed by atoms with Crippen LogP contribution in [-0.4, -0.2) is 9.36 Å². The number of aromatic amines is 1. The Hall–Kier alpha value is -1.67. The van der Waals surface area contributed by atoms with E-state index in [0.717, 1.165) is 17.2 Å². The van der Waals surface area contributed by atoms with Crippen LogP contribution in [0.3, 0.4) is 0 Å². The normalized spacial score (nSPS) is 10.2. The molecule has 0 bridgehead atoms. The molecule has 0 unspecified atom stereocenters. The Kier molecular flexibility index (Phi) is 1.64. The first-order valence-electron chi connectivity index (χ1n) is 3.62. The van der Waals surface area contributed by atoms with E-state index < -0.39 is 0 Å². The minimum atomic E-state index is -0.236. The highest BCUT2D eigenvalue weighted by atomic mass is 32.1. The standard InChI is InChI=1S/C8H5N3OS/c1-4-2-5-7(8(12)10-4)6(3-9)13-11-5/h2H,1H3,(H,10,12). The Morgan fingerprint density at radius 3 is 3.15 bits per heavy atom. The number of hydrogen-bond acceptors (Lipinski definition) is 4. The molecule has 5 heteroatoms. The first-order chi connectivity index (χ1) is 6.22. The number of nitrogens with one attached hydrogen (secondary N) is 1. The second-order valence-corrected chi connectivity index (χ2v) is 3.44. The molecule has 13 heavy (non-hydrogen) atoms. The van der Waals surface area contributed by atoms with Gasteiger partial charge in [-0.3, -0.25) is 4.79 Å². The van der Waals surface area contributed by atoms with Crippen molar-refractivity contribution in [2.24, 2.45) is 0 Å². The average Bonchev–Trinajstić information content (AvgIpc) is 2.47. The largest absolute Gasteiger partial charge is 0.326 e. The Morgan fingerprint density at radius 1 is 1.69 bits per heavy atom. The lowest BCUT2D eigenvalue weighted by Gasteiger charge is -1.90. The predicted molar refractivity (Wildman–Crippen MR) is 49.7 cm³/mol. The summed E-state index contributed by atoms with van der Waals surface area (Å²) in [5.74, 6) is 0. The molecule has 4 nitrogen and oxygen atoms in total. The molecule has 0 fully saturated rings. The van der Waals surface area contributed by atoms with Crippen molar-refractivity contribution in [3.8, 4) is 6.07 Å². The van der Waals surface area contributed by atoms with Crippen LogP contribution in [-0.2, 0) is 0 Å². The number of aryl methyl sites for hydroxylation is 1. The maximum Gasteiger partial charge on any atom is 0.259 e. The molecule has 0 spiro atoms. The van der Waals surface area contributed by atoms with Crippen molar-refractivity contribution in [2.45, 2.75) is 6.92 Å². The number of nitrogens with zero attached hydrogens (tertiary/aromatic N) is 2. The first-order valence-corrected chi connectivity index (χ1v) is 4.39. The second-order valence-electron chi connectivity index (χ2n) is 2.67. The highest BCUT2D eigenvalue weighted by Crippen LogP contribution is 2.17. The monoisotopic (exact) mass is 191 g/mol. The third kappa shape index (κ3) is 1.12. The number of H-pyrrole nitrogens is 1. The van der Waals surface area contributed by atoms with Crippen LogP contribution in [0, 0.1) is 18.3 Å². The van der Waals surface area contributed by atoms with Crippen molar-refractivity contribution < 1.29 is 0 Å². The molecule has 2 heterocycles. The molecule has 0 aliphatic carbocycles. The van der Waals surface area contributed by atoms with Crippen LogP contribution in [0.2, 0.25) is 0 Å². The van der Waals surface area contributed by atoms with E-state index in [1.54, 1.807) is 13.0 Å². The van der Waals surface area contributed by atoms with Crippen molar-refractivity contribution in [1.29, 1.82) is 5.26 Å². The molecule has 0 aliphatic heterocycles. The fourth-order valence-electron chi connectivity index (χ4n) is 1.18. The summed E-state index contributed by atoms with van der Waals surface area (Å²) < 4.78 is 4.01. The summed E-state index contributed by atoms with van der Waals surface area (Å²) in [6.07, 6.45) is 0. The number of fused-ring (bicyclic) bond motifs is 1. The van der Waals surface area contributed by atoms with Gasteiger partial charge in [-0.1, -0.05) is 0 Å². The van der Waals surface area contributed by atoms with Gasteiger partial charge in [-0.2, -0.15) is 9.64 Å². The van der Waals surface area contributed by atoms with Crippen molar-refractivity contribution in [1.82, 2.24) is 9.36 Å². The number of nitriles is 1. The van der Waals surface area contributed by atoms with Gasteiger partial charge >= 0.3 is 0 Å². The van der Waals surface area contributed by atoms with Crippen molar-refractivity contribution in [2.75, 3.05) is 0 Å². The zero-order valence-electron chi connectivity index (χ0n) is 6.79. The van der Waals surface area contributed by atoms with Crippen molar-refractivity contribution in [3.63, 3.8) is 0 Å². The van der Waals surface area contributed by atoms with E-state index in [9.17, 15) is 4.79 Å². The van der Waals surface area contributed by atoms with Gasteiger partial charge in [-0.15, -0.1) is 0 Å². The van der Waals surface area contributed by atoms with Gasteiger partial charge in [0.05, 0.1) is 10.9 Å². The van der Waals surface area contributed by atoms with E-state index in [-0.39, 0.29) is 5.56 Å². The number of pyridine rings is 1. The van der Waals surface area contributed by atoms with Crippen LogP contribution in [0.1, 0.15) is 10.6 Å². The highest BCUT2D eigenvalue weighted by molar-refractivity contribution is 7.07. The van der Waals surface area contributed by atoms with Crippen molar-refractivity contribution in [3.05, 3.63) is 27.0 Å². The van der Waals surface area contributed by atoms with Crippen LogP contribution in [0.25, 0.3) is 10.9 Å². The molecule has 0 atom stereocenters. The number of hydrogen-bond donors (Lipinski definition) is 1. The Labute approximate surface area is 77.6 Å². The third-order valence-electron chi connectivity index (χ3n) is 1.71. The van der Waals surface area contributed by atoms with Gasteiger partial charge in [0.2, 0.25) is 0 Å². The summed E-state index contributed by atoms with van der Waals surface area (Å²) >= 11 is 1.05. The summed E-state index contributed by atoms with van der Waals surface area (Å²) in [7, 11) is 0. The van der Waals surface area contributed by atoms with Gasteiger partial charge in [0.15, 0.2) is 0 Å². The van der Waals surface area contributed by atoms with Crippen LogP contribution >= 0.6 is 11.5 Å². The fourth-order valence-corrected chi connectivity index (χ4v) is 1.84. The first kappa shape index (κ1) is 7.95. The Balaban J connectivity index is 3.01. The average molecular weight is 191 g/mol. The summed E-state index contributed by atoms with van der Waals surface area (Å²) in [6.45, 7) is 1.78. The fraction of sp³-hybridized carbons (Fsp3) is 0.125. The summed E-state index contributed by atoms with van der Waals surface area (Å²) in [4.78, 5) is 14.4. The van der Waals surface area contributed by atoms with E-state index in [4.69, 9.17) is 5.26 Å². The molecule has 0 aliphatic rings. The van der Waals surface area contributed by atoms with Crippen LogP contribution in [0.4, 0.5) is 0 Å². The van der Waals surface area contributed by atoms with Crippen LogP contribution < -0.4 is 5.56 Å². The molecule has 0 aromatic carbocycles. The lowest BCUT2D eigenvalue weighted by Crippen LogP contribution is -2.07. The summed E-state index contributed by atoms with van der Waals surface area (Å²) in [5.41, 5.74) is 1.12. The molecular weight excluding hydrogens is 186 g/mol. The van der Waals surface area contributed by atoms with Gasteiger partial charge in [0.25, 0.3) is 5.56 Å². The van der Waals surface area contributed by atoms with Gasteiger partial charge in [-0.05, 0) is 24.5 Å². The lowest BCUT2D eigenvalue weighted by molar-refractivity contribution is 1.17. The molecular formula is C8H5N3OS. The summed E-state index contributed by atoms with van der Waals surface area (Å²) in [5, 5.41) is 9.09. The molecule has 64 valence electrons. The SMILES string of the molecule is Cc1cc2nsc(C#N)c2c(=O)[nH]1. The van der Waals surface area contributed by atoms with Crippen LogP contribution in [0.15, 0.2) is 10.9 Å².